The van der Waals surface area contributed by atoms with Gasteiger partial charge in [-0.25, -0.2) is 4.98 Å². The molecule has 5 nitrogen and oxygen atoms in total. The molecule has 0 atom stereocenters. The number of amides is 1. The fourth-order valence-corrected chi connectivity index (χ4v) is 6.53. The first-order valence-corrected chi connectivity index (χ1v) is 12.7. The van der Waals surface area contributed by atoms with Gasteiger partial charge in [0.15, 0.2) is 5.16 Å². The first-order valence-electron chi connectivity index (χ1n) is 9.03. The van der Waals surface area contributed by atoms with Crippen LogP contribution in [0.4, 0.5) is 0 Å². The molecule has 4 heterocycles. The molecule has 0 aliphatic heterocycles. The van der Waals surface area contributed by atoms with Crippen molar-refractivity contribution in [2.24, 2.45) is 0 Å². The highest BCUT2D eigenvalue weighted by Crippen LogP contribution is 2.34. The Hall–Kier alpha value is -1.94. The summed E-state index contributed by atoms with van der Waals surface area (Å²) in [6, 6.07) is 8.01. The Morgan fingerprint density at radius 3 is 2.69 bits per heavy atom. The molecule has 1 amide bonds. The molecule has 0 spiro atoms. The van der Waals surface area contributed by atoms with Crippen LogP contribution in [0.15, 0.2) is 50.4 Å². The van der Waals surface area contributed by atoms with Crippen molar-refractivity contribution in [2.45, 2.75) is 25.2 Å². The Morgan fingerprint density at radius 1 is 1.21 bits per heavy atom. The lowest BCUT2D eigenvalue weighted by Crippen LogP contribution is -2.28. The number of hydrogen-bond donors (Lipinski definition) is 0. The number of thioether (sulfide) groups is 1. The fraction of sp³-hybridized carbons (Fsp3) is 0.250. The normalized spacial score (nSPS) is 11.2. The topological polar surface area (TPSA) is 55.2 Å². The van der Waals surface area contributed by atoms with Crippen LogP contribution in [0.25, 0.3) is 20.7 Å². The zero-order chi connectivity index (χ0) is 20.4. The summed E-state index contributed by atoms with van der Waals surface area (Å²) in [6.07, 6.45) is 0. The first-order chi connectivity index (χ1) is 14.1. The van der Waals surface area contributed by atoms with Crippen molar-refractivity contribution in [3.63, 3.8) is 0 Å². The number of fused-ring (bicyclic) bond motifs is 1. The van der Waals surface area contributed by atoms with E-state index in [1.54, 1.807) is 39.2 Å². The largest absolute Gasteiger partial charge is 0.340 e. The highest BCUT2D eigenvalue weighted by molar-refractivity contribution is 7.99. The monoisotopic (exact) mass is 461 g/mol. The van der Waals surface area contributed by atoms with E-state index >= 15 is 0 Å². The zero-order valence-corrected chi connectivity index (χ0v) is 19.2. The molecule has 29 heavy (non-hydrogen) atoms. The molecule has 4 aromatic heterocycles. The summed E-state index contributed by atoms with van der Waals surface area (Å²) in [5, 5.41) is 7.28. The number of aromatic nitrogens is 2. The van der Waals surface area contributed by atoms with Crippen LogP contribution in [0.5, 0.6) is 0 Å². The van der Waals surface area contributed by atoms with Crippen LogP contribution in [-0.2, 0) is 17.9 Å². The average molecular weight is 462 g/mol. The minimum Gasteiger partial charge on any atom is -0.340 e. The third-order valence-corrected chi connectivity index (χ3v) is 8.08. The van der Waals surface area contributed by atoms with E-state index in [-0.39, 0.29) is 17.2 Å². The Morgan fingerprint density at radius 2 is 2.00 bits per heavy atom. The second-order valence-corrected chi connectivity index (χ2v) is 10.1. The van der Waals surface area contributed by atoms with Crippen molar-refractivity contribution in [3.05, 3.63) is 55.6 Å². The highest BCUT2D eigenvalue weighted by atomic mass is 32.2. The molecule has 0 fully saturated rings. The number of nitrogens with zero attached hydrogens (tertiary/aromatic N) is 3. The van der Waals surface area contributed by atoms with Crippen molar-refractivity contribution in [1.29, 1.82) is 0 Å². The van der Waals surface area contributed by atoms with Gasteiger partial charge in [-0.15, -0.1) is 34.0 Å². The van der Waals surface area contributed by atoms with Crippen LogP contribution < -0.4 is 5.56 Å². The smallest absolute Gasteiger partial charge is 0.263 e. The van der Waals surface area contributed by atoms with Crippen molar-refractivity contribution in [3.8, 4) is 10.4 Å². The van der Waals surface area contributed by atoms with Gasteiger partial charge in [0.1, 0.15) is 4.83 Å². The van der Waals surface area contributed by atoms with Gasteiger partial charge in [-0.2, -0.15) is 0 Å². The summed E-state index contributed by atoms with van der Waals surface area (Å²) in [7, 11) is 1.80. The molecule has 150 valence electrons. The van der Waals surface area contributed by atoms with Gasteiger partial charge in [-0.1, -0.05) is 23.9 Å². The lowest BCUT2D eigenvalue weighted by Gasteiger charge is -2.16. The van der Waals surface area contributed by atoms with E-state index in [1.165, 1.54) is 23.1 Å². The second kappa shape index (κ2) is 8.83. The molecule has 0 saturated heterocycles. The van der Waals surface area contributed by atoms with Crippen molar-refractivity contribution in [2.75, 3.05) is 12.8 Å². The van der Waals surface area contributed by atoms with Gasteiger partial charge < -0.3 is 4.90 Å². The Kier molecular flexibility index (Phi) is 6.19. The van der Waals surface area contributed by atoms with Crippen LogP contribution in [0.3, 0.4) is 0 Å². The molecule has 0 radical (unpaired) electrons. The quantitative estimate of drug-likeness (QED) is 0.286. The second-order valence-electron chi connectivity index (χ2n) is 6.37. The molecular weight excluding hydrogens is 443 g/mol. The number of rotatable bonds is 7. The summed E-state index contributed by atoms with van der Waals surface area (Å²) in [6.45, 7) is 3.04. The van der Waals surface area contributed by atoms with E-state index in [0.717, 1.165) is 20.1 Å². The lowest BCUT2D eigenvalue weighted by molar-refractivity contribution is -0.127. The predicted molar refractivity (Wildman–Crippen MR) is 124 cm³/mol. The van der Waals surface area contributed by atoms with Gasteiger partial charge in [-0.3, -0.25) is 14.2 Å². The lowest BCUT2D eigenvalue weighted by atomic mass is 10.2. The van der Waals surface area contributed by atoms with E-state index in [0.29, 0.717) is 23.6 Å². The Labute approximate surface area is 184 Å². The minimum atomic E-state index is -0.0379. The first kappa shape index (κ1) is 20.3. The summed E-state index contributed by atoms with van der Waals surface area (Å²) in [5.74, 6) is 0.272. The van der Waals surface area contributed by atoms with Crippen LogP contribution in [-0.4, -0.2) is 33.2 Å². The van der Waals surface area contributed by atoms with Crippen LogP contribution in [0.2, 0.25) is 0 Å². The molecule has 0 aliphatic carbocycles. The maximum Gasteiger partial charge on any atom is 0.263 e. The van der Waals surface area contributed by atoms with Gasteiger partial charge >= 0.3 is 0 Å². The molecule has 0 unspecified atom stereocenters. The van der Waals surface area contributed by atoms with E-state index in [2.05, 4.69) is 0 Å². The molecule has 0 N–H and O–H groups in total. The summed E-state index contributed by atoms with van der Waals surface area (Å²) in [5.41, 5.74) is 0.909. The molecule has 0 aliphatic rings. The third kappa shape index (κ3) is 4.18. The van der Waals surface area contributed by atoms with Gasteiger partial charge in [0, 0.05) is 34.3 Å². The van der Waals surface area contributed by atoms with Gasteiger partial charge in [0.2, 0.25) is 5.91 Å². The molecule has 9 heteroatoms. The van der Waals surface area contributed by atoms with E-state index in [4.69, 9.17) is 4.98 Å². The highest BCUT2D eigenvalue weighted by Gasteiger charge is 2.18. The maximum absolute atomic E-state index is 13.2. The number of carbonyl (C=O) groups is 1. The molecule has 0 bridgehead atoms. The maximum atomic E-state index is 13.2. The Balaban J connectivity index is 1.57. The van der Waals surface area contributed by atoms with Crippen molar-refractivity contribution >= 4 is 61.9 Å². The number of hydrogen-bond acceptors (Lipinski definition) is 7. The van der Waals surface area contributed by atoms with E-state index in [9.17, 15) is 9.59 Å². The summed E-state index contributed by atoms with van der Waals surface area (Å²) in [4.78, 5) is 35.1. The molecule has 0 aromatic carbocycles. The van der Waals surface area contributed by atoms with Crippen molar-refractivity contribution < 1.29 is 4.79 Å². The van der Waals surface area contributed by atoms with E-state index < -0.39 is 0 Å². The van der Waals surface area contributed by atoms with Gasteiger partial charge in [0.05, 0.1) is 17.7 Å². The molecular formula is C20H19N3O2S4. The minimum absolute atomic E-state index is 0.0193. The molecule has 4 rings (SSSR count). The standard InChI is InChI=1S/C20H19N3O2S4/c1-3-23-19(25)17-14(15-7-5-9-27-15)11-28-18(17)21-20(23)29-12-16(24)22(2)10-13-6-4-8-26-13/h4-9,11H,3,10,12H2,1-2H3. The Bertz CT molecular complexity index is 1180. The zero-order valence-electron chi connectivity index (χ0n) is 16.0. The SMILES string of the molecule is CCn1c(SCC(=O)N(C)Cc2cccs2)nc2scc(-c3cccs3)c2c1=O. The van der Waals surface area contributed by atoms with Crippen LogP contribution >= 0.6 is 45.8 Å². The fourth-order valence-electron chi connectivity index (χ4n) is 2.97. The third-order valence-electron chi connectivity index (χ3n) is 4.49. The van der Waals surface area contributed by atoms with Crippen LogP contribution in [0.1, 0.15) is 11.8 Å². The summed E-state index contributed by atoms with van der Waals surface area (Å²) >= 11 is 6.06. The summed E-state index contributed by atoms with van der Waals surface area (Å²) < 4.78 is 1.67. The van der Waals surface area contributed by atoms with Crippen molar-refractivity contribution in [1.82, 2.24) is 14.5 Å². The average Bonchev–Trinajstić information content (AvgIpc) is 3.46. The predicted octanol–water partition coefficient (Wildman–Crippen LogP) is 5.02. The van der Waals surface area contributed by atoms with Gasteiger partial charge in [-0.05, 0) is 29.8 Å². The van der Waals surface area contributed by atoms with E-state index in [1.807, 2.05) is 47.3 Å². The molecule has 4 aromatic rings. The van der Waals surface area contributed by atoms with Gasteiger partial charge in [0.25, 0.3) is 5.56 Å². The van der Waals surface area contributed by atoms with Crippen LogP contribution in [0, 0.1) is 0 Å². The molecule has 0 saturated carbocycles. The number of carbonyl (C=O) groups excluding carboxylic acids is 1. The number of thiophene rings is 3.